The van der Waals surface area contributed by atoms with Crippen LogP contribution in [0.5, 0.6) is 0 Å². The maximum absolute atomic E-state index is 12.2. The maximum atomic E-state index is 12.2. The zero-order valence-corrected chi connectivity index (χ0v) is 10.8. The van der Waals surface area contributed by atoms with E-state index in [1.165, 1.54) is 4.90 Å². The number of aromatic nitrogens is 2. The van der Waals surface area contributed by atoms with Gasteiger partial charge in [0.2, 0.25) is 11.5 Å². The van der Waals surface area contributed by atoms with Gasteiger partial charge in [0.05, 0.1) is 18.1 Å². The van der Waals surface area contributed by atoms with Crippen LogP contribution in [0.3, 0.4) is 0 Å². The van der Waals surface area contributed by atoms with Crippen LogP contribution in [0.1, 0.15) is 16.9 Å². The van der Waals surface area contributed by atoms with Crippen LogP contribution in [-0.4, -0.2) is 65.3 Å². The molecule has 3 N–H and O–H groups in total. The van der Waals surface area contributed by atoms with Crippen molar-refractivity contribution in [3.05, 3.63) is 5.69 Å². The van der Waals surface area contributed by atoms with E-state index < -0.39 is 21.8 Å². The van der Waals surface area contributed by atoms with E-state index in [0.29, 0.717) is 6.42 Å². The number of nitrogen functional groups attached to an aromatic ring is 1. The summed E-state index contributed by atoms with van der Waals surface area (Å²) in [5, 5.41) is 15.7. The van der Waals surface area contributed by atoms with Crippen LogP contribution in [0.15, 0.2) is 4.63 Å². The largest absolute Gasteiger partial charge is 0.395 e. The summed E-state index contributed by atoms with van der Waals surface area (Å²) in [6.45, 7) is -0.279. The molecule has 1 atom stereocenters. The molecule has 0 radical (unpaired) electrons. The molecule has 10 heteroatoms. The predicted molar refractivity (Wildman–Crippen MR) is 63.9 cm³/mol. The van der Waals surface area contributed by atoms with Gasteiger partial charge in [-0.25, -0.2) is 13.0 Å². The molecule has 0 aliphatic carbocycles. The number of sulfone groups is 1. The number of nitrogens with zero attached hydrogens (tertiary/aromatic N) is 3. The minimum Gasteiger partial charge on any atom is -0.395 e. The lowest BCUT2D eigenvalue weighted by Gasteiger charge is -2.26. The van der Waals surface area contributed by atoms with Gasteiger partial charge in [0, 0.05) is 12.6 Å². The number of nitrogens with two attached hydrogens (primary N) is 1. The van der Waals surface area contributed by atoms with E-state index in [0.717, 1.165) is 0 Å². The van der Waals surface area contributed by atoms with Crippen molar-refractivity contribution in [2.75, 3.05) is 30.4 Å². The van der Waals surface area contributed by atoms with Crippen molar-refractivity contribution in [2.24, 2.45) is 0 Å². The summed E-state index contributed by atoms with van der Waals surface area (Å²) in [5.74, 6) is -0.840. The highest BCUT2D eigenvalue weighted by molar-refractivity contribution is 7.91. The molecule has 1 amide bonds. The molecule has 2 rings (SSSR count). The van der Waals surface area contributed by atoms with E-state index in [4.69, 9.17) is 10.8 Å². The lowest BCUT2D eigenvalue weighted by atomic mass is 10.2. The number of aliphatic hydroxyl groups is 1. The average Bonchev–Trinajstić information content (AvgIpc) is 2.91. The molecule has 19 heavy (non-hydrogen) atoms. The molecule has 0 saturated carbocycles. The lowest BCUT2D eigenvalue weighted by molar-refractivity contribution is 0.0645. The molecule has 1 fully saturated rings. The first-order valence-corrected chi connectivity index (χ1v) is 7.47. The first kappa shape index (κ1) is 13.7. The van der Waals surface area contributed by atoms with E-state index in [-0.39, 0.29) is 36.2 Å². The fourth-order valence-electron chi connectivity index (χ4n) is 2.06. The number of rotatable bonds is 4. The molecule has 1 aliphatic heterocycles. The molecule has 1 saturated heterocycles. The van der Waals surface area contributed by atoms with Crippen LogP contribution in [0, 0.1) is 0 Å². The van der Waals surface area contributed by atoms with E-state index in [1.807, 2.05) is 0 Å². The number of anilines is 1. The van der Waals surface area contributed by atoms with Gasteiger partial charge in [0.25, 0.3) is 5.91 Å². The fraction of sp³-hybridized carbons (Fsp3) is 0.667. The second kappa shape index (κ2) is 5.13. The van der Waals surface area contributed by atoms with Gasteiger partial charge in [0.1, 0.15) is 0 Å². The smallest absolute Gasteiger partial charge is 0.280 e. The highest BCUT2D eigenvalue weighted by Gasteiger charge is 2.36. The summed E-state index contributed by atoms with van der Waals surface area (Å²) in [7, 11) is -3.14. The summed E-state index contributed by atoms with van der Waals surface area (Å²) < 4.78 is 27.3. The van der Waals surface area contributed by atoms with Gasteiger partial charge < -0.3 is 15.7 Å². The van der Waals surface area contributed by atoms with Crippen LogP contribution in [0.25, 0.3) is 0 Å². The first-order valence-electron chi connectivity index (χ1n) is 5.65. The Labute approximate surface area is 109 Å². The van der Waals surface area contributed by atoms with Gasteiger partial charge in [-0.2, -0.15) is 0 Å². The second-order valence-electron chi connectivity index (χ2n) is 4.28. The lowest BCUT2D eigenvalue weighted by Crippen LogP contribution is -2.43. The highest BCUT2D eigenvalue weighted by atomic mass is 32.2. The van der Waals surface area contributed by atoms with Gasteiger partial charge >= 0.3 is 0 Å². The van der Waals surface area contributed by atoms with Crippen molar-refractivity contribution >= 4 is 21.6 Å². The van der Waals surface area contributed by atoms with E-state index in [1.54, 1.807) is 0 Å². The van der Waals surface area contributed by atoms with E-state index in [2.05, 4.69) is 14.9 Å². The fourth-order valence-corrected chi connectivity index (χ4v) is 3.79. The topological polar surface area (TPSA) is 140 Å². The predicted octanol–water partition coefficient (Wildman–Crippen LogP) is -1.73. The monoisotopic (exact) mass is 290 g/mol. The summed E-state index contributed by atoms with van der Waals surface area (Å²) in [6, 6.07) is -0.485. The number of carbonyl (C=O) groups excluding carboxylic acids is 1. The Balaban J connectivity index is 2.21. The standard InChI is InChI=1S/C9H14N4O5S/c10-8-7(11-18-12-8)9(15)13(2-3-14)6-1-4-19(16,17)5-6/h6,14H,1-5H2,(H2,10,12). The van der Waals surface area contributed by atoms with Crippen LogP contribution in [0.2, 0.25) is 0 Å². The molecule has 1 aliphatic rings. The Morgan fingerprint density at radius 3 is 2.74 bits per heavy atom. The molecule has 1 unspecified atom stereocenters. The molecular weight excluding hydrogens is 276 g/mol. The number of aliphatic hydroxyl groups excluding tert-OH is 1. The normalized spacial score (nSPS) is 21.4. The number of hydrogen-bond acceptors (Lipinski definition) is 8. The summed E-state index contributed by atoms with van der Waals surface area (Å²) in [6.07, 6.45) is 0.333. The molecule has 0 spiro atoms. The van der Waals surface area contributed by atoms with Gasteiger partial charge in [-0.05, 0) is 16.7 Å². The summed E-state index contributed by atoms with van der Waals surface area (Å²) in [5.41, 5.74) is 5.26. The molecule has 9 nitrogen and oxygen atoms in total. The van der Waals surface area contributed by atoms with E-state index >= 15 is 0 Å². The third-order valence-electron chi connectivity index (χ3n) is 2.97. The van der Waals surface area contributed by atoms with Crippen LogP contribution in [-0.2, 0) is 9.84 Å². The van der Waals surface area contributed by atoms with Crippen molar-refractivity contribution < 1.29 is 22.9 Å². The summed E-state index contributed by atoms with van der Waals surface area (Å²) in [4.78, 5) is 13.4. The Bertz CT molecular complexity index is 569. The van der Waals surface area contributed by atoms with Gasteiger partial charge in [-0.15, -0.1) is 0 Å². The van der Waals surface area contributed by atoms with Crippen molar-refractivity contribution in [1.82, 2.24) is 15.2 Å². The van der Waals surface area contributed by atoms with Crippen LogP contribution >= 0.6 is 0 Å². The first-order chi connectivity index (χ1) is 8.94. The Kier molecular flexibility index (Phi) is 3.71. The quantitative estimate of drug-likeness (QED) is 0.667. The Morgan fingerprint density at radius 1 is 1.53 bits per heavy atom. The molecule has 1 aromatic heterocycles. The molecular formula is C9H14N4O5S. The van der Waals surface area contributed by atoms with Crippen LogP contribution < -0.4 is 5.73 Å². The van der Waals surface area contributed by atoms with Gasteiger partial charge in [-0.3, -0.25) is 4.79 Å². The number of hydrogen-bond donors (Lipinski definition) is 2. The van der Waals surface area contributed by atoms with Crippen molar-refractivity contribution in [3.63, 3.8) is 0 Å². The maximum Gasteiger partial charge on any atom is 0.280 e. The number of amides is 1. The van der Waals surface area contributed by atoms with Crippen molar-refractivity contribution in [3.8, 4) is 0 Å². The van der Waals surface area contributed by atoms with Crippen LogP contribution in [0.4, 0.5) is 5.82 Å². The molecule has 106 valence electrons. The second-order valence-corrected chi connectivity index (χ2v) is 6.51. The minimum atomic E-state index is -3.14. The molecule has 0 bridgehead atoms. The highest BCUT2D eigenvalue weighted by Crippen LogP contribution is 2.20. The van der Waals surface area contributed by atoms with Crippen molar-refractivity contribution in [2.45, 2.75) is 12.5 Å². The average molecular weight is 290 g/mol. The molecule has 2 heterocycles. The third kappa shape index (κ3) is 2.84. The minimum absolute atomic E-state index is 0.00528. The Hall–Kier alpha value is -1.68. The third-order valence-corrected chi connectivity index (χ3v) is 4.72. The van der Waals surface area contributed by atoms with E-state index in [9.17, 15) is 13.2 Å². The SMILES string of the molecule is Nc1nonc1C(=O)N(CCO)C1CCS(=O)(=O)C1. The zero-order chi connectivity index (χ0) is 14.0. The molecule has 1 aromatic rings. The zero-order valence-electron chi connectivity index (χ0n) is 10.0. The summed E-state index contributed by atoms with van der Waals surface area (Å²) >= 11 is 0. The Morgan fingerprint density at radius 2 is 2.26 bits per heavy atom. The molecule has 0 aromatic carbocycles. The van der Waals surface area contributed by atoms with Crippen molar-refractivity contribution in [1.29, 1.82) is 0 Å². The number of carbonyl (C=O) groups is 1. The van der Waals surface area contributed by atoms with Gasteiger partial charge in [-0.1, -0.05) is 0 Å². The van der Waals surface area contributed by atoms with Gasteiger partial charge in [0.15, 0.2) is 9.84 Å².